The highest BCUT2D eigenvalue weighted by atomic mass is 79.9. The lowest BCUT2D eigenvalue weighted by Crippen LogP contribution is -2.00. The van der Waals surface area contributed by atoms with Crippen LogP contribution in [0.15, 0.2) is 12.7 Å². The minimum atomic E-state index is -0.330. The van der Waals surface area contributed by atoms with Crippen LogP contribution >= 0.6 is 17.0 Å². The number of unbranched alkanes of at least 4 members (excludes halogenated alkanes) is 1. The number of hydrogen-bond acceptors (Lipinski definition) is 2. The lowest BCUT2D eigenvalue weighted by atomic mass is 10.4. The average molecular weight is 209 g/mol. The van der Waals surface area contributed by atoms with Crippen LogP contribution in [0.4, 0.5) is 0 Å². The SMILES string of the molecule is Br.C=CC(=O)OCCCC. The Kier molecular flexibility index (Phi) is 10.8. The fourth-order valence-electron chi connectivity index (χ4n) is 0.376. The monoisotopic (exact) mass is 208 g/mol. The van der Waals surface area contributed by atoms with E-state index in [1.807, 2.05) is 6.92 Å². The Hall–Kier alpha value is -0.310. The highest BCUT2D eigenvalue weighted by molar-refractivity contribution is 8.93. The van der Waals surface area contributed by atoms with Crippen LogP contribution in [0.5, 0.6) is 0 Å². The molecule has 0 aliphatic rings. The van der Waals surface area contributed by atoms with Crippen LogP contribution in [-0.4, -0.2) is 12.6 Å². The molecule has 0 heterocycles. The van der Waals surface area contributed by atoms with Gasteiger partial charge >= 0.3 is 5.97 Å². The highest BCUT2D eigenvalue weighted by Gasteiger charge is 1.91. The van der Waals surface area contributed by atoms with E-state index in [9.17, 15) is 4.79 Å². The number of esters is 1. The van der Waals surface area contributed by atoms with Gasteiger partial charge in [0.15, 0.2) is 0 Å². The van der Waals surface area contributed by atoms with Crippen LogP contribution < -0.4 is 0 Å². The first-order chi connectivity index (χ1) is 4.31. The van der Waals surface area contributed by atoms with E-state index in [0.717, 1.165) is 12.8 Å². The maximum Gasteiger partial charge on any atom is 0.330 e. The van der Waals surface area contributed by atoms with E-state index in [2.05, 4.69) is 11.3 Å². The summed E-state index contributed by atoms with van der Waals surface area (Å²) in [5, 5.41) is 0. The summed E-state index contributed by atoms with van der Waals surface area (Å²) < 4.78 is 4.67. The van der Waals surface area contributed by atoms with Crippen LogP contribution in [0.1, 0.15) is 19.8 Å². The molecule has 0 aromatic carbocycles. The zero-order valence-electron chi connectivity index (χ0n) is 6.13. The van der Waals surface area contributed by atoms with Crippen LogP contribution in [0.25, 0.3) is 0 Å². The first-order valence-corrected chi connectivity index (χ1v) is 3.10. The summed E-state index contributed by atoms with van der Waals surface area (Å²) in [4.78, 5) is 10.3. The van der Waals surface area contributed by atoms with Crippen molar-refractivity contribution >= 4 is 23.0 Å². The predicted molar refractivity (Wildman–Crippen MR) is 46.4 cm³/mol. The van der Waals surface area contributed by atoms with Gasteiger partial charge in [0.2, 0.25) is 0 Å². The summed E-state index contributed by atoms with van der Waals surface area (Å²) in [6.45, 7) is 5.82. The molecule has 0 saturated carbocycles. The minimum absolute atomic E-state index is 0. The number of rotatable bonds is 4. The quantitative estimate of drug-likeness (QED) is 0.402. The molecule has 0 radical (unpaired) electrons. The first-order valence-electron chi connectivity index (χ1n) is 3.10. The minimum Gasteiger partial charge on any atom is -0.463 e. The molecule has 0 unspecified atom stereocenters. The van der Waals surface area contributed by atoms with Crippen molar-refractivity contribution in [3.8, 4) is 0 Å². The van der Waals surface area contributed by atoms with E-state index in [1.165, 1.54) is 6.08 Å². The van der Waals surface area contributed by atoms with Crippen molar-refractivity contribution < 1.29 is 9.53 Å². The Morgan fingerprint density at radius 1 is 1.70 bits per heavy atom. The number of ether oxygens (including phenoxy) is 1. The van der Waals surface area contributed by atoms with Crippen molar-refractivity contribution in [2.75, 3.05) is 6.61 Å². The van der Waals surface area contributed by atoms with E-state index >= 15 is 0 Å². The number of carbonyl (C=O) groups excluding carboxylic acids is 1. The van der Waals surface area contributed by atoms with Gasteiger partial charge in [-0.2, -0.15) is 0 Å². The molecule has 0 spiro atoms. The summed E-state index contributed by atoms with van der Waals surface area (Å²) in [7, 11) is 0. The average Bonchev–Trinajstić information content (AvgIpc) is 1.89. The molecule has 0 rings (SSSR count). The standard InChI is InChI=1S/C7H12O2.BrH/c1-3-5-6-9-7(8)4-2;/h4H,2-3,5-6H2,1H3;1H. The zero-order chi connectivity index (χ0) is 7.11. The van der Waals surface area contributed by atoms with Gasteiger partial charge < -0.3 is 4.74 Å². The number of halogens is 1. The van der Waals surface area contributed by atoms with E-state index in [1.54, 1.807) is 0 Å². The van der Waals surface area contributed by atoms with E-state index in [-0.39, 0.29) is 23.0 Å². The Morgan fingerprint density at radius 3 is 2.70 bits per heavy atom. The summed E-state index contributed by atoms with van der Waals surface area (Å²) >= 11 is 0. The van der Waals surface area contributed by atoms with E-state index < -0.39 is 0 Å². The normalized spacial score (nSPS) is 7.70. The van der Waals surface area contributed by atoms with Gasteiger partial charge in [0.25, 0.3) is 0 Å². The summed E-state index contributed by atoms with van der Waals surface area (Å²) in [5.41, 5.74) is 0. The molecule has 0 saturated heterocycles. The Balaban J connectivity index is 0. The van der Waals surface area contributed by atoms with Crippen molar-refractivity contribution in [3.05, 3.63) is 12.7 Å². The van der Waals surface area contributed by atoms with Crippen molar-refractivity contribution in [2.45, 2.75) is 19.8 Å². The van der Waals surface area contributed by atoms with E-state index in [0.29, 0.717) is 6.61 Å². The molecule has 0 amide bonds. The van der Waals surface area contributed by atoms with Crippen molar-refractivity contribution in [2.24, 2.45) is 0 Å². The molecular weight excluding hydrogens is 196 g/mol. The first kappa shape index (κ1) is 12.4. The third-order valence-corrected chi connectivity index (χ3v) is 0.909. The lowest BCUT2D eigenvalue weighted by Gasteiger charge is -1.97. The van der Waals surface area contributed by atoms with Gasteiger partial charge in [0, 0.05) is 6.08 Å². The summed E-state index contributed by atoms with van der Waals surface area (Å²) in [6, 6.07) is 0. The van der Waals surface area contributed by atoms with Crippen molar-refractivity contribution in [3.63, 3.8) is 0 Å². The van der Waals surface area contributed by atoms with Gasteiger partial charge in [-0.05, 0) is 6.42 Å². The van der Waals surface area contributed by atoms with Gasteiger partial charge in [-0.25, -0.2) is 4.79 Å². The lowest BCUT2D eigenvalue weighted by molar-refractivity contribution is -0.137. The molecule has 0 aromatic rings. The second-order valence-corrected chi connectivity index (χ2v) is 1.73. The van der Waals surface area contributed by atoms with Crippen LogP contribution in [0, 0.1) is 0 Å². The zero-order valence-corrected chi connectivity index (χ0v) is 7.84. The molecule has 2 nitrogen and oxygen atoms in total. The molecular formula is C7H13BrO2. The third kappa shape index (κ3) is 7.69. The molecule has 0 atom stereocenters. The van der Waals surface area contributed by atoms with Gasteiger partial charge in [-0.15, -0.1) is 17.0 Å². The second kappa shape index (κ2) is 8.69. The Labute approximate surface area is 72.0 Å². The second-order valence-electron chi connectivity index (χ2n) is 1.73. The summed E-state index contributed by atoms with van der Waals surface area (Å²) in [6.07, 6.45) is 3.15. The molecule has 10 heavy (non-hydrogen) atoms. The Bertz CT molecular complexity index is 102. The molecule has 60 valence electrons. The maximum absolute atomic E-state index is 10.3. The van der Waals surface area contributed by atoms with Crippen LogP contribution in [-0.2, 0) is 9.53 Å². The van der Waals surface area contributed by atoms with Crippen molar-refractivity contribution in [1.29, 1.82) is 0 Å². The highest BCUT2D eigenvalue weighted by Crippen LogP contribution is 1.88. The molecule has 0 aromatic heterocycles. The fourth-order valence-corrected chi connectivity index (χ4v) is 0.376. The molecule has 3 heteroatoms. The molecule has 0 N–H and O–H groups in total. The van der Waals surface area contributed by atoms with Gasteiger partial charge in [0.05, 0.1) is 6.61 Å². The fraction of sp³-hybridized carbons (Fsp3) is 0.571. The summed E-state index contributed by atoms with van der Waals surface area (Å²) in [5.74, 6) is -0.330. The third-order valence-electron chi connectivity index (χ3n) is 0.909. The van der Waals surface area contributed by atoms with Gasteiger partial charge in [0.1, 0.15) is 0 Å². The smallest absolute Gasteiger partial charge is 0.330 e. The van der Waals surface area contributed by atoms with Gasteiger partial charge in [-0.3, -0.25) is 0 Å². The largest absolute Gasteiger partial charge is 0.463 e. The predicted octanol–water partition coefficient (Wildman–Crippen LogP) is 2.09. The molecule has 0 aliphatic carbocycles. The maximum atomic E-state index is 10.3. The number of hydrogen-bond donors (Lipinski definition) is 0. The topological polar surface area (TPSA) is 26.3 Å². The van der Waals surface area contributed by atoms with E-state index in [4.69, 9.17) is 0 Å². The van der Waals surface area contributed by atoms with Crippen LogP contribution in [0.2, 0.25) is 0 Å². The molecule has 0 bridgehead atoms. The molecule has 0 aliphatic heterocycles. The van der Waals surface area contributed by atoms with Crippen molar-refractivity contribution in [1.82, 2.24) is 0 Å². The van der Waals surface area contributed by atoms with Crippen LogP contribution in [0.3, 0.4) is 0 Å². The van der Waals surface area contributed by atoms with Gasteiger partial charge in [-0.1, -0.05) is 19.9 Å². The number of carbonyl (C=O) groups is 1. The Morgan fingerprint density at radius 2 is 2.30 bits per heavy atom. The molecule has 0 fully saturated rings.